The predicted octanol–water partition coefficient (Wildman–Crippen LogP) is 4.08. The minimum atomic E-state index is 0.740. The van der Waals surface area contributed by atoms with Crippen LogP contribution < -0.4 is 5.32 Å². The van der Waals surface area contributed by atoms with E-state index >= 15 is 0 Å². The molecule has 1 aliphatic carbocycles. The molecule has 3 nitrogen and oxygen atoms in total. The van der Waals surface area contributed by atoms with Gasteiger partial charge in [0, 0.05) is 6.54 Å². The number of aryl methyl sites for hydroxylation is 2. The van der Waals surface area contributed by atoms with Crippen LogP contribution in [0.25, 0.3) is 0 Å². The van der Waals surface area contributed by atoms with Gasteiger partial charge in [-0.15, -0.1) is 0 Å². The van der Waals surface area contributed by atoms with Gasteiger partial charge in [0.05, 0.1) is 16.4 Å². The third kappa shape index (κ3) is 4.01. The van der Waals surface area contributed by atoms with E-state index in [1.807, 2.05) is 0 Å². The van der Waals surface area contributed by atoms with Crippen LogP contribution in [0.3, 0.4) is 0 Å². The zero-order valence-electron chi connectivity index (χ0n) is 13.8. The molecular formula is C17H30ClN3. The molecule has 21 heavy (non-hydrogen) atoms. The second-order valence-corrected chi connectivity index (χ2v) is 6.67. The van der Waals surface area contributed by atoms with Crippen LogP contribution in [-0.4, -0.2) is 23.4 Å². The summed E-state index contributed by atoms with van der Waals surface area (Å²) in [7, 11) is 2.07. The van der Waals surface area contributed by atoms with Crippen LogP contribution >= 0.6 is 11.6 Å². The summed E-state index contributed by atoms with van der Waals surface area (Å²) in [5, 5.41) is 8.98. The molecule has 1 fully saturated rings. The molecule has 1 aromatic heterocycles. The lowest BCUT2D eigenvalue weighted by Crippen LogP contribution is -2.27. The van der Waals surface area contributed by atoms with Crippen LogP contribution in [0.1, 0.15) is 57.3 Å². The maximum Gasteiger partial charge on any atom is 0.0849 e. The Kier molecular flexibility index (Phi) is 6.56. The van der Waals surface area contributed by atoms with E-state index in [1.54, 1.807) is 0 Å². The second kappa shape index (κ2) is 8.19. The van der Waals surface area contributed by atoms with Crippen LogP contribution in [0.4, 0.5) is 0 Å². The van der Waals surface area contributed by atoms with E-state index in [2.05, 4.69) is 36.0 Å². The lowest BCUT2D eigenvalue weighted by atomic mass is 9.84. The first kappa shape index (κ1) is 16.8. The van der Waals surface area contributed by atoms with Crippen molar-refractivity contribution in [2.45, 2.75) is 65.3 Å². The van der Waals surface area contributed by atoms with Crippen LogP contribution in [0, 0.1) is 11.8 Å². The molecule has 0 bridgehead atoms. The molecule has 0 amide bonds. The average molecular weight is 312 g/mol. The highest BCUT2D eigenvalue weighted by molar-refractivity contribution is 6.31. The molecule has 2 unspecified atom stereocenters. The van der Waals surface area contributed by atoms with Gasteiger partial charge in [0.1, 0.15) is 0 Å². The molecule has 1 saturated carbocycles. The summed E-state index contributed by atoms with van der Waals surface area (Å²) in [5.41, 5.74) is 2.33. The molecule has 120 valence electrons. The summed E-state index contributed by atoms with van der Waals surface area (Å²) in [4.78, 5) is 0. The number of halogens is 1. The van der Waals surface area contributed by atoms with Crippen LogP contribution in [-0.2, 0) is 19.4 Å². The Morgan fingerprint density at radius 2 is 1.90 bits per heavy atom. The van der Waals surface area contributed by atoms with Crippen molar-refractivity contribution in [1.82, 2.24) is 15.1 Å². The van der Waals surface area contributed by atoms with Gasteiger partial charge in [0.2, 0.25) is 0 Å². The minimum Gasteiger partial charge on any atom is -0.319 e. The summed E-state index contributed by atoms with van der Waals surface area (Å²) < 4.78 is 2.13. The van der Waals surface area contributed by atoms with Crippen molar-refractivity contribution in [1.29, 1.82) is 0 Å². The second-order valence-electron chi connectivity index (χ2n) is 6.30. The zero-order chi connectivity index (χ0) is 15.2. The maximum atomic E-state index is 6.59. The molecule has 2 rings (SSSR count). The molecule has 0 aliphatic heterocycles. The molecule has 0 aromatic carbocycles. The van der Waals surface area contributed by atoms with Crippen molar-refractivity contribution in [3.8, 4) is 0 Å². The van der Waals surface area contributed by atoms with Crippen molar-refractivity contribution < 1.29 is 0 Å². The standard InChI is InChI=1S/C17H30ClN3/c1-4-15-17(18)16(21(5-2)20-15)11-13-9-7-6-8-10-14(13)12-19-3/h13-14,19H,4-12H2,1-3H3. The minimum absolute atomic E-state index is 0.740. The van der Waals surface area contributed by atoms with Crippen molar-refractivity contribution in [3.05, 3.63) is 16.4 Å². The highest BCUT2D eigenvalue weighted by Crippen LogP contribution is 2.33. The van der Waals surface area contributed by atoms with Crippen molar-refractivity contribution in [2.75, 3.05) is 13.6 Å². The number of aromatic nitrogens is 2. The Labute approximate surface area is 134 Å². The van der Waals surface area contributed by atoms with Gasteiger partial charge in [-0.25, -0.2) is 0 Å². The van der Waals surface area contributed by atoms with E-state index in [0.717, 1.165) is 48.5 Å². The number of hydrogen-bond donors (Lipinski definition) is 1. The number of rotatable bonds is 6. The molecule has 0 radical (unpaired) electrons. The van der Waals surface area contributed by atoms with Gasteiger partial charge in [-0.2, -0.15) is 5.10 Å². The third-order valence-corrected chi connectivity index (χ3v) is 5.37. The average Bonchev–Trinajstić information content (AvgIpc) is 2.65. The first-order valence-electron chi connectivity index (χ1n) is 8.59. The van der Waals surface area contributed by atoms with Gasteiger partial charge in [0.15, 0.2) is 0 Å². The highest BCUT2D eigenvalue weighted by Gasteiger charge is 2.26. The SMILES string of the molecule is CCc1nn(CC)c(CC2CCCCCC2CNC)c1Cl. The first-order chi connectivity index (χ1) is 10.2. The van der Waals surface area contributed by atoms with Gasteiger partial charge in [-0.1, -0.05) is 37.8 Å². The smallest absolute Gasteiger partial charge is 0.0849 e. The van der Waals surface area contributed by atoms with E-state index in [1.165, 1.54) is 37.8 Å². The van der Waals surface area contributed by atoms with Gasteiger partial charge in [-0.3, -0.25) is 4.68 Å². The monoisotopic (exact) mass is 311 g/mol. The van der Waals surface area contributed by atoms with Gasteiger partial charge in [0.25, 0.3) is 0 Å². The number of nitrogens with one attached hydrogen (secondary N) is 1. The van der Waals surface area contributed by atoms with Crippen LogP contribution in [0.2, 0.25) is 5.02 Å². The third-order valence-electron chi connectivity index (χ3n) is 4.93. The highest BCUT2D eigenvalue weighted by atomic mass is 35.5. The lowest BCUT2D eigenvalue weighted by molar-refractivity contribution is 0.298. The fourth-order valence-electron chi connectivity index (χ4n) is 3.72. The molecule has 0 saturated heterocycles. The molecule has 1 N–H and O–H groups in total. The first-order valence-corrected chi connectivity index (χ1v) is 8.97. The van der Waals surface area contributed by atoms with Crippen molar-refractivity contribution >= 4 is 11.6 Å². The van der Waals surface area contributed by atoms with Gasteiger partial charge >= 0.3 is 0 Å². The Balaban J connectivity index is 2.19. The van der Waals surface area contributed by atoms with Crippen molar-refractivity contribution in [3.63, 3.8) is 0 Å². The van der Waals surface area contributed by atoms with E-state index in [0.29, 0.717) is 0 Å². The Morgan fingerprint density at radius 3 is 2.52 bits per heavy atom. The molecule has 4 heteroatoms. The summed E-state index contributed by atoms with van der Waals surface area (Å²) >= 11 is 6.59. The summed E-state index contributed by atoms with van der Waals surface area (Å²) in [6, 6.07) is 0. The maximum absolute atomic E-state index is 6.59. The zero-order valence-corrected chi connectivity index (χ0v) is 14.5. The van der Waals surface area contributed by atoms with E-state index in [9.17, 15) is 0 Å². The predicted molar refractivity (Wildman–Crippen MR) is 90.0 cm³/mol. The quantitative estimate of drug-likeness (QED) is 0.802. The van der Waals surface area contributed by atoms with E-state index in [4.69, 9.17) is 11.6 Å². The molecule has 1 aromatic rings. The number of hydrogen-bond acceptors (Lipinski definition) is 2. The summed E-state index contributed by atoms with van der Waals surface area (Å²) in [6.45, 7) is 6.33. The fraction of sp³-hybridized carbons (Fsp3) is 0.824. The van der Waals surface area contributed by atoms with E-state index in [-0.39, 0.29) is 0 Å². The number of nitrogens with zero attached hydrogens (tertiary/aromatic N) is 2. The summed E-state index contributed by atoms with van der Waals surface area (Å²) in [5.74, 6) is 1.52. The Bertz CT molecular complexity index is 441. The van der Waals surface area contributed by atoms with Crippen LogP contribution in [0.15, 0.2) is 0 Å². The molecule has 1 aliphatic rings. The van der Waals surface area contributed by atoms with Crippen LogP contribution in [0.5, 0.6) is 0 Å². The molecular weight excluding hydrogens is 282 g/mol. The van der Waals surface area contributed by atoms with E-state index < -0.39 is 0 Å². The topological polar surface area (TPSA) is 29.9 Å². The molecule has 2 atom stereocenters. The largest absolute Gasteiger partial charge is 0.319 e. The van der Waals surface area contributed by atoms with Gasteiger partial charge < -0.3 is 5.32 Å². The molecule has 1 heterocycles. The lowest BCUT2D eigenvalue weighted by Gasteiger charge is -2.25. The molecule has 0 spiro atoms. The normalized spacial score (nSPS) is 23.2. The summed E-state index contributed by atoms with van der Waals surface area (Å²) in [6.07, 6.45) is 8.82. The Hall–Kier alpha value is -0.540. The Morgan fingerprint density at radius 1 is 1.19 bits per heavy atom. The van der Waals surface area contributed by atoms with Crippen molar-refractivity contribution in [2.24, 2.45) is 11.8 Å². The fourth-order valence-corrected chi connectivity index (χ4v) is 4.07. The van der Waals surface area contributed by atoms with Gasteiger partial charge in [-0.05, 0) is 58.0 Å².